The molecule has 0 aliphatic carbocycles. The Morgan fingerprint density at radius 3 is 2.39 bits per heavy atom. The summed E-state index contributed by atoms with van der Waals surface area (Å²) in [5.74, 6) is -0.682. The number of carbonyl (C=O) groups is 1. The average molecular weight is 356 g/mol. The molecule has 18 heavy (non-hydrogen) atoms. The van der Waals surface area contributed by atoms with Crippen LogP contribution in [-0.4, -0.2) is 16.2 Å². The predicted molar refractivity (Wildman–Crippen MR) is 73.9 cm³/mol. The van der Waals surface area contributed by atoms with Crippen molar-refractivity contribution in [2.24, 2.45) is 0 Å². The number of hydrogen-bond acceptors (Lipinski definition) is 4. The molecule has 2 rings (SSSR count). The second kappa shape index (κ2) is 5.26. The van der Waals surface area contributed by atoms with Gasteiger partial charge in [0.2, 0.25) is 0 Å². The van der Waals surface area contributed by atoms with Crippen LogP contribution in [0.2, 0.25) is 0 Å². The summed E-state index contributed by atoms with van der Waals surface area (Å²) in [5.41, 5.74) is -0.0754. The third-order valence-electron chi connectivity index (χ3n) is 2.22. The third-order valence-corrected chi connectivity index (χ3v) is 2.94. The van der Waals surface area contributed by atoms with Gasteiger partial charge in [-0.1, -0.05) is 0 Å². The van der Waals surface area contributed by atoms with Crippen molar-refractivity contribution in [2.75, 3.05) is 0 Å². The maximum absolute atomic E-state index is 11.8. The number of hydrogen-bond donors (Lipinski definition) is 2. The van der Waals surface area contributed by atoms with Crippen LogP contribution in [0.15, 0.2) is 42.5 Å². The van der Waals surface area contributed by atoms with E-state index in [0.29, 0.717) is 5.75 Å². The number of phenolic OH excluding ortho intramolecular Hbond substituents is 2. The second-order valence-electron chi connectivity index (χ2n) is 3.54. The lowest BCUT2D eigenvalue weighted by Crippen LogP contribution is -2.08. The van der Waals surface area contributed by atoms with E-state index in [9.17, 15) is 15.0 Å². The monoisotopic (exact) mass is 356 g/mol. The molecule has 0 heterocycles. The molecule has 0 aromatic heterocycles. The van der Waals surface area contributed by atoms with E-state index in [1.54, 1.807) is 24.3 Å². The van der Waals surface area contributed by atoms with Crippen LogP contribution >= 0.6 is 22.6 Å². The van der Waals surface area contributed by atoms with Gasteiger partial charge in [-0.15, -0.1) is 0 Å². The number of phenols is 2. The summed E-state index contributed by atoms with van der Waals surface area (Å²) in [7, 11) is 0. The zero-order valence-corrected chi connectivity index (χ0v) is 11.3. The van der Waals surface area contributed by atoms with E-state index < -0.39 is 5.97 Å². The molecule has 5 heteroatoms. The van der Waals surface area contributed by atoms with Crippen molar-refractivity contribution in [1.29, 1.82) is 0 Å². The Hall–Kier alpha value is -1.76. The molecule has 0 radical (unpaired) electrons. The number of rotatable bonds is 2. The van der Waals surface area contributed by atoms with Crippen LogP contribution in [0.3, 0.4) is 0 Å². The third kappa shape index (κ3) is 2.92. The van der Waals surface area contributed by atoms with Crippen molar-refractivity contribution in [1.82, 2.24) is 0 Å². The molecule has 0 unspecified atom stereocenters. The normalized spacial score (nSPS) is 10.1. The summed E-state index contributed by atoms with van der Waals surface area (Å²) in [5, 5.41) is 18.8. The molecule has 0 spiro atoms. The molecule has 2 N–H and O–H groups in total. The summed E-state index contributed by atoms with van der Waals surface area (Å²) in [4.78, 5) is 11.8. The molecule has 0 aliphatic rings. The first-order chi connectivity index (χ1) is 8.56. The first kappa shape index (κ1) is 12.7. The van der Waals surface area contributed by atoms with Gasteiger partial charge >= 0.3 is 5.97 Å². The average Bonchev–Trinajstić information content (AvgIpc) is 2.35. The quantitative estimate of drug-likeness (QED) is 0.376. The van der Waals surface area contributed by atoms with E-state index in [2.05, 4.69) is 22.6 Å². The van der Waals surface area contributed by atoms with Crippen molar-refractivity contribution in [3.63, 3.8) is 0 Å². The number of aromatic hydroxyl groups is 2. The fourth-order valence-electron chi connectivity index (χ4n) is 1.35. The number of esters is 1. The lowest BCUT2D eigenvalue weighted by Gasteiger charge is -2.06. The highest BCUT2D eigenvalue weighted by molar-refractivity contribution is 14.1. The highest BCUT2D eigenvalue weighted by Crippen LogP contribution is 2.24. The highest BCUT2D eigenvalue weighted by atomic mass is 127. The van der Waals surface area contributed by atoms with E-state index in [4.69, 9.17) is 4.74 Å². The van der Waals surface area contributed by atoms with E-state index in [-0.39, 0.29) is 17.1 Å². The minimum atomic E-state index is -0.718. The standard InChI is InChI=1S/C13H9IO4/c14-8-1-4-10(5-2-8)18-13(17)11-7-9(15)3-6-12(11)16/h1-7,15-16H. The van der Waals surface area contributed by atoms with Crippen molar-refractivity contribution in [2.45, 2.75) is 0 Å². The zero-order chi connectivity index (χ0) is 13.1. The molecule has 0 atom stereocenters. The number of carbonyl (C=O) groups excluding carboxylic acids is 1. The van der Waals surface area contributed by atoms with Crippen molar-refractivity contribution < 1.29 is 19.7 Å². The van der Waals surface area contributed by atoms with Crippen LogP contribution in [-0.2, 0) is 0 Å². The van der Waals surface area contributed by atoms with Gasteiger partial charge in [-0.2, -0.15) is 0 Å². The van der Waals surface area contributed by atoms with Crippen LogP contribution in [0.4, 0.5) is 0 Å². The van der Waals surface area contributed by atoms with Crippen molar-refractivity contribution in [3.8, 4) is 17.2 Å². The Morgan fingerprint density at radius 2 is 1.72 bits per heavy atom. The van der Waals surface area contributed by atoms with Gasteiger partial charge in [-0.25, -0.2) is 4.79 Å². The largest absolute Gasteiger partial charge is 0.508 e. The Labute approximate surface area is 117 Å². The van der Waals surface area contributed by atoms with Gasteiger partial charge in [0.05, 0.1) is 0 Å². The highest BCUT2D eigenvalue weighted by Gasteiger charge is 2.14. The molecule has 0 bridgehead atoms. The van der Waals surface area contributed by atoms with Crippen LogP contribution in [0, 0.1) is 3.57 Å². The lowest BCUT2D eigenvalue weighted by molar-refractivity contribution is 0.0731. The molecular formula is C13H9IO4. The summed E-state index contributed by atoms with van der Waals surface area (Å²) < 4.78 is 6.10. The molecule has 0 aliphatic heterocycles. The number of ether oxygens (including phenoxy) is 1. The van der Waals surface area contributed by atoms with Gasteiger partial charge in [0.15, 0.2) is 0 Å². The topological polar surface area (TPSA) is 66.8 Å². The van der Waals surface area contributed by atoms with Gasteiger partial charge in [0, 0.05) is 3.57 Å². The summed E-state index contributed by atoms with van der Waals surface area (Å²) in [6, 6.07) is 10.6. The maximum Gasteiger partial charge on any atom is 0.347 e. The fraction of sp³-hybridized carbons (Fsp3) is 0. The first-order valence-electron chi connectivity index (χ1n) is 5.06. The molecule has 4 nitrogen and oxygen atoms in total. The van der Waals surface area contributed by atoms with Crippen LogP contribution < -0.4 is 4.74 Å². The summed E-state index contributed by atoms with van der Waals surface area (Å²) >= 11 is 2.14. The van der Waals surface area contributed by atoms with Gasteiger partial charge in [-0.05, 0) is 65.1 Å². The van der Waals surface area contributed by atoms with E-state index in [1.165, 1.54) is 12.1 Å². The minimum absolute atomic E-state index is 0.0754. The maximum atomic E-state index is 11.8. The molecule has 0 saturated carbocycles. The Morgan fingerprint density at radius 1 is 1.06 bits per heavy atom. The van der Waals surface area contributed by atoms with Crippen molar-refractivity contribution >= 4 is 28.6 Å². The molecule has 92 valence electrons. The molecule has 2 aromatic rings. The van der Waals surface area contributed by atoms with Crippen LogP contribution in [0.25, 0.3) is 0 Å². The Balaban J connectivity index is 2.21. The van der Waals surface area contributed by atoms with Gasteiger partial charge in [-0.3, -0.25) is 0 Å². The minimum Gasteiger partial charge on any atom is -0.508 e. The van der Waals surface area contributed by atoms with E-state index in [1.807, 2.05) is 0 Å². The van der Waals surface area contributed by atoms with Gasteiger partial charge < -0.3 is 14.9 Å². The zero-order valence-electron chi connectivity index (χ0n) is 9.13. The number of benzene rings is 2. The number of halogens is 1. The molecule has 0 amide bonds. The SMILES string of the molecule is O=C(Oc1ccc(I)cc1)c1cc(O)ccc1O. The van der Waals surface area contributed by atoms with E-state index >= 15 is 0 Å². The fourth-order valence-corrected chi connectivity index (χ4v) is 1.71. The molecule has 0 fully saturated rings. The second-order valence-corrected chi connectivity index (χ2v) is 4.79. The van der Waals surface area contributed by atoms with Gasteiger partial charge in [0.25, 0.3) is 0 Å². The van der Waals surface area contributed by atoms with Crippen LogP contribution in [0.5, 0.6) is 17.2 Å². The Kier molecular flexibility index (Phi) is 3.71. The van der Waals surface area contributed by atoms with Crippen LogP contribution in [0.1, 0.15) is 10.4 Å². The Bertz CT molecular complexity index is 578. The first-order valence-corrected chi connectivity index (χ1v) is 6.14. The van der Waals surface area contributed by atoms with Crippen molar-refractivity contribution in [3.05, 3.63) is 51.6 Å². The molecule has 0 saturated heterocycles. The lowest BCUT2D eigenvalue weighted by atomic mass is 10.2. The molecule has 2 aromatic carbocycles. The summed E-state index contributed by atoms with van der Waals surface area (Å²) in [6.07, 6.45) is 0. The summed E-state index contributed by atoms with van der Waals surface area (Å²) in [6.45, 7) is 0. The van der Waals surface area contributed by atoms with E-state index in [0.717, 1.165) is 9.64 Å². The van der Waals surface area contributed by atoms with Gasteiger partial charge in [0.1, 0.15) is 22.8 Å². The molecular weight excluding hydrogens is 347 g/mol. The predicted octanol–water partition coefficient (Wildman–Crippen LogP) is 2.92. The smallest absolute Gasteiger partial charge is 0.347 e.